The monoisotopic (exact) mass is 374 g/mol. The molecule has 2 aromatic rings. The minimum Gasteiger partial charge on any atom is -1.00 e. The van der Waals surface area contributed by atoms with E-state index in [2.05, 4.69) is 5.32 Å². The number of aromatic nitrogens is 1. The second-order valence-electron chi connectivity index (χ2n) is 5.31. The van der Waals surface area contributed by atoms with Crippen LogP contribution in [0.15, 0.2) is 36.4 Å². The van der Waals surface area contributed by atoms with Gasteiger partial charge in [-0.25, -0.2) is 0 Å². The number of amides is 1. The normalized spacial score (nSPS) is 9.52. The predicted molar refractivity (Wildman–Crippen MR) is 96.0 cm³/mol. The minimum atomic E-state index is -1.10. The van der Waals surface area contributed by atoms with Gasteiger partial charge in [-0.05, 0) is 19.1 Å². The maximum atomic E-state index is 12.5. The fourth-order valence-electron chi connectivity index (χ4n) is 2.21. The molecule has 7 nitrogen and oxygen atoms in total. The Morgan fingerprint density at radius 2 is 1.72 bits per heavy atom. The molecule has 1 aromatic heterocycles. The van der Waals surface area contributed by atoms with Gasteiger partial charge in [0.2, 0.25) is 11.7 Å². The summed E-state index contributed by atoms with van der Waals surface area (Å²) in [6.45, 7) is 1.53. The summed E-state index contributed by atoms with van der Waals surface area (Å²) in [5.41, 5.74) is 2.78. The third-order valence-corrected chi connectivity index (χ3v) is 3.55. The molecule has 4 N–H and O–H groups in total. The smallest absolute Gasteiger partial charge is 1.00 e. The van der Waals surface area contributed by atoms with Crippen molar-refractivity contribution in [3.63, 3.8) is 0 Å². The van der Waals surface area contributed by atoms with Gasteiger partial charge in [0.1, 0.15) is 6.54 Å². The number of ketones is 1. The first kappa shape index (κ1) is 23.3. The third kappa shape index (κ3) is 6.28. The number of carboxylic acids is 1. The number of nitrogens with zero attached hydrogens (tertiary/aromatic N) is 1. The molecule has 1 heterocycles. The van der Waals surface area contributed by atoms with Crippen LogP contribution in [0, 0.1) is 6.92 Å². The number of hydrogen-bond acceptors (Lipinski definition) is 3. The number of aliphatic carboxylic acids is 1. The summed E-state index contributed by atoms with van der Waals surface area (Å²) in [4.78, 5) is 34.6. The number of carboxylic acid groups (broad SMARTS) is 1. The maximum absolute atomic E-state index is 12.5. The molecular formula is C17H22CaN2O5. The van der Waals surface area contributed by atoms with Crippen molar-refractivity contribution in [2.75, 3.05) is 6.54 Å². The Labute approximate surface area is 178 Å². The van der Waals surface area contributed by atoms with E-state index in [-0.39, 0.29) is 58.3 Å². The van der Waals surface area contributed by atoms with Crippen molar-refractivity contribution in [3.8, 4) is 0 Å². The van der Waals surface area contributed by atoms with Gasteiger partial charge >= 0.3 is 43.7 Å². The second-order valence-corrected chi connectivity index (χ2v) is 5.31. The summed E-state index contributed by atoms with van der Waals surface area (Å²) in [6, 6.07) is 10.6. The van der Waals surface area contributed by atoms with Crippen LogP contribution in [0.25, 0.3) is 0 Å². The zero-order chi connectivity index (χ0) is 17.0. The SMILES string of the molecule is Cc1ccc(C(=O)c2ccc(CC(=O)NCC(=O)O)n2C)cc1.O.[Ca+2].[H-].[H-]. The Morgan fingerprint density at radius 3 is 2.28 bits per heavy atom. The van der Waals surface area contributed by atoms with Crippen molar-refractivity contribution < 1.29 is 27.8 Å². The number of carbonyl (C=O) groups is 3. The average Bonchev–Trinajstić information content (AvgIpc) is 2.86. The van der Waals surface area contributed by atoms with Gasteiger partial charge < -0.3 is 23.3 Å². The average molecular weight is 374 g/mol. The van der Waals surface area contributed by atoms with Gasteiger partial charge in [0.25, 0.3) is 0 Å². The van der Waals surface area contributed by atoms with Gasteiger partial charge in [-0.3, -0.25) is 14.4 Å². The molecule has 1 aromatic carbocycles. The molecule has 0 saturated carbocycles. The van der Waals surface area contributed by atoms with Crippen LogP contribution in [-0.4, -0.2) is 77.1 Å². The molecule has 0 unspecified atom stereocenters. The Morgan fingerprint density at radius 1 is 1.12 bits per heavy atom. The molecule has 0 aliphatic carbocycles. The Hall–Kier alpha value is -1.67. The van der Waals surface area contributed by atoms with Crippen LogP contribution in [0.3, 0.4) is 0 Å². The van der Waals surface area contributed by atoms with Crippen molar-refractivity contribution in [1.82, 2.24) is 9.88 Å². The van der Waals surface area contributed by atoms with Crippen molar-refractivity contribution >= 4 is 55.4 Å². The van der Waals surface area contributed by atoms with E-state index < -0.39 is 18.4 Å². The van der Waals surface area contributed by atoms with Gasteiger partial charge in [-0.15, -0.1) is 0 Å². The van der Waals surface area contributed by atoms with E-state index in [4.69, 9.17) is 5.11 Å². The topological polar surface area (TPSA) is 120 Å². The molecule has 25 heavy (non-hydrogen) atoms. The molecule has 0 aliphatic rings. The molecule has 0 fully saturated rings. The summed E-state index contributed by atoms with van der Waals surface area (Å²) in [6.07, 6.45) is 0.0188. The second kappa shape index (κ2) is 10.4. The quantitative estimate of drug-likeness (QED) is 0.559. The summed E-state index contributed by atoms with van der Waals surface area (Å²) in [5, 5.41) is 10.8. The standard InChI is InChI=1S/C17H18N2O4.Ca.H2O.2H/c1-11-3-5-12(6-4-11)17(23)14-8-7-13(19(14)2)9-15(20)18-10-16(21)22;;;;/h3-8H,9-10H2,1-2H3,(H,18,20)(H,21,22);;1H2;;/q;+2;;2*-1. The molecule has 0 bridgehead atoms. The minimum absolute atomic E-state index is 0. The van der Waals surface area contributed by atoms with Crippen LogP contribution < -0.4 is 5.32 Å². The van der Waals surface area contributed by atoms with E-state index in [1.54, 1.807) is 35.9 Å². The van der Waals surface area contributed by atoms with Gasteiger partial charge in [0.05, 0.1) is 12.1 Å². The summed E-state index contributed by atoms with van der Waals surface area (Å²) < 4.78 is 1.66. The molecule has 0 spiro atoms. The predicted octanol–water partition coefficient (Wildman–Crippen LogP) is 0.327. The van der Waals surface area contributed by atoms with Crippen LogP contribution in [0.1, 0.15) is 30.2 Å². The van der Waals surface area contributed by atoms with Gasteiger partial charge in [0, 0.05) is 18.3 Å². The van der Waals surface area contributed by atoms with Gasteiger partial charge in [-0.1, -0.05) is 29.8 Å². The summed E-state index contributed by atoms with van der Waals surface area (Å²) in [5.74, 6) is -1.62. The Bertz CT molecular complexity index is 763. The van der Waals surface area contributed by atoms with E-state index in [1.165, 1.54) is 0 Å². The fourth-order valence-corrected chi connectivity index (χ4v) is 2.21. The largest absolute Gasteiger partial charge is 2.00 e. The fraction of sp³-hybridized carbons (Fsp3) is 0.235. The zero-order valence-electron chi connectivity index (χ0n) is 16.2. The number of rotatable bonds is 6. The number of carbonyl (C=O) groups excluding carboxylic acids is 2. The molecule has 0 saturated heterocycles. The molecule has 2 rings (SSSR count). The van der Waals surface area contributed by atoms with Crippen molar-refractivity contribution in [2.24, 2.45) is 7.05 Å². The first-order valence-corrected chi connectivity index (χ1v) is 7.13. The molecule has 0 atom stereocenters. The molecule has 0 aliphatic heterocycles. The molecule has 8 heteroatoms. The number of benzene rings is 1. The van der Waals surface area contributed by atoms with Crippen LogP contribution in [0.2, 0.25) is 0 Å². The van der Waals surface area contributed by atoms with Crippen LogP contribution in [0.4, 0.5) is 0 Å². The zero-order valence-corrected chi connectivity index (χ0v) is 16.4. The van der Waals surface area contributed by atoms with Gasteiger partial charge in [-0.2, -0.15) is 0 Å². The van der Waals surface area contributed by atoms with Crippen molar-refractivity contribution in [3.05, 3.63) is 58.9 Å². The summed E-state index contributed by atoms with van der Waals surface area (Å²) in [7, 11) is 1.71. The summed E-state index contributed by atoms with van der Waals surface area (Å²) >= 11 is 0. The van der Waals surface area contributed by atoms with E-state index in [1.807, 2.05) is 19.1 Å². The van der Waals surface area contributed by atoms with Crippen LogP contribution in [-0.2, 0) is 23.1 Å². The molecule has 132 valence electrons. The van der Waals surface area contributed by atoms with Crippen LogP contribution in [0.5, 0.6) is 0 Å². The first-order valence-electron chi connectivity index (χ1n) is 7.13. The Balaban J connectivity index is -0.00000144. The molecular weight excluding hydrogens is 352 g/mol. The van der Waals surface area contributed by atoms with Crippen molar-refractivity contribution in [2.45, 2.75) is 13.3 Å². The Kier molecular flexibility index (Phi) is 9.66. The maximum Gasteiger partial charge on any atom is 2.00 e. The number of nitrogens with one attached hydrogen (secondary N) is 1. The van der Waals surface area contributed by atoms with Crippen molar-refractivity contribution in [1.29, 1.82) is 0 Å². The van der Waals surface area contributed by atoms with E-state index in [0.29, 0.717) is 17.0 Å². The third-order valence-electron chi connectivity index (χ3n) is 3.55. The van der Waals surface area contributed by atoms with Crippen LogP contribution >= 0.6 is 0 Å². The number of aryl methyl sites for hydroxylation is 1. The van der Waals surface area contributed by atoms with E-state index in [9.17, 15) is 14.4 Å². The molecule has 0 radical (unpaired) electrons. The number of hydrogen-bond donors (Lipinski definition) is 2. The van der Waals surface area contributed by atoms with E-state index >= 15 is 0 Å². The first-order chi connectivity index (χ1) is 10.9. The van der Waals surface area contributed by atoms with E-state index in [0.717, 1.165) is 5.56 Å². The molecule has 1 amide bonds. The van der Waals surface area contributed by atoms with Gasteiger partial charge in [0.15, 0.2) is 0 Å².